The Morgan fingerprint density at radius 1 is 1.36 bits per heavy atom. The van der Waals surface area contributed by atoms with Crippen LogP contribution >= 0.6 is 31.9 Å². The molecule has 1 fully saturated rings. The van der Waals surface area contributed by atoms with E-state index < -0.39 is 0 Å². The number of halogens is 2. The topological polar surface area (TPSA) is 29.1 Å². The number of hydrogen-bond donors (Lipinski definition) is 1. The molecule has 4 heteroatoms. The Hall–Kier alpha value is -0.350. The molecule has 0 spiro atoms. The maximum absolute atomic E-state index is 11.5. The largest absolute Gasteiger partial charge is 0.325 e. The van der Waals surface area contributed by atoms with Gasteiger partial charge in [-0.2, -0.15) is 0 Å². The fourth-order valence-electron chi connectivity index (χ4n) is 1.17. The maximum atomic E-state index is 11.5. The molecule has 1 N–H and O–H groups in total. The molecule has 0 aliphatic heterocycles. The smallest absolute Gasteiger partial charge is 0.227 e. The van der Waals surface area contributed by atoms with Gasteiger partial charge in [0.1, 0.15) is 0 Å². The molecule has 1 aliphatic rings. The molecule has 14 heavy (non-hydrogen) atoms. The molecule has 0 atom stereocenters. The summed E-state index contributed by atoms with van der Waals surface area (Å²) in [5.74, 6) is 0.365. The molecule has 2 nitrogen and oxygen atoms in total. The summed E-state index contributed by atoms with van der Waals surface area (Å²) in [4.78, 5) is 11.5. The molecule has 0 bridgehead atoms. The Bertz CT molecular complexity index is 374. The van der Waals surface area contributed by atoms with Crippen molar-refractivity contribution in [3.8, 4) is 0 Å². The van der Waals surface area contributed by atoms with Gasteiger partial charge in [0.25, 0.3) is 0 Å². The molecule has 0 unspecified atom stereocenters. The number of benzene rings is 1. The first-order valence-electron chi connectivity index (χ1n) is 4.43. The van der Waals surface area contributed by atoms with Crippen LogP contribution in [0.25, 0.3) is 0 Å². The van der Waals surface area contributed by atoms with Crippen LogP contribution in [0.2, 0.25) is 0 Å². The minimum Gasteiger partial charge on any atom is -0.325 e. The predicted molar refractivity (Wildman–Crippen MR) is 63.2 cm³/mol. The molecule has 0 saturated heterocycles. The average Bonchev–Trinajstić information content (AvgIpc) is 2.94. The van der Waals surface area contributed by atoms with Gasteiger partial charge < -0.3 is 5.32 Å². The van der Waals surface area contributed by atoms with Gasteiger partial charge in [-0.3, -0.25) is 4.79 Å². The fraction of sp³-hybridized carbons (Fsp3) is 0.300. The molecule has 1 aromatic rings. The van der Waals surface area contributed by atoms with E-state index in [0.29, 0.717) is 0 Å². The highest BCUT2D eigenvalue weighted by molar-refractivity contribution is 9.11. The van der Waals surface area contributed by atoms with Crippen molar-refractivity contribution in [3.05, 3.63) is 27.1 Å². The number of amides is 1. The summed E-state index contributed by atoms with van der Waals surface area (Å²) in [6.45, 7) is 0. The normalized spacial score (nSPS) is 15.3. The van der Waals surface area contributed by atoms with Gasteiger partial charge in [0.15, 0.2) is 0 Å². The zero-order valence-corrected chi connectivity index (χ0v) is 10.6. The Balaban J connectivity index is 2.14. The zero-order chi connectivity index (χ0) is 10.1. The van der Waals surface area contributed by atoms with Crippen molar-refractivity contribution in [1.29, 1.82) is 0 Å². The van der Waals surface area contributed by atoms with Gasteiger partial charge in [-0.25, -0.2) is 0 Å². The lowest BCUT2D eigenvalue weighted by molar-refractivity contribution is -0.117. The van der Waals surface area contributed by atoms with E-state index in [0.717, 1.165) is 27.5 Å². The number of nitrogens with one attached hydrogen (secondary N) is 1. The van der Waals surface area contributed by atoms with E-state index in [1.807, 2.05) is 18.2 Å². The number of anilines is 1. The number of rotatable bonds is 2. The number of hydrogen-bond acceptors (Lipinski definition) is 1. The first-order valence-corrected chi connectivity index (χ1v) is 6.01. The Morgan fingerprint density at radius 2 is 2.07 bits per heavy atom. The van der Waals surface area contributed by atoms with Gasteiger partial charge >= 0.3 is 0 Å². The molecule has 1 aliphatic carbocycles. The summed E-state index contributed by atoms with van der Waals surface area (Å²) in [5, 5.41) is 2.90. The second-order valence-electron chi connectivity index (χ2n) is 3.39. The van der Waals surface area contributed by atoms with Gasteiger partial charge in [-0.15, -0.1) is 0 Å². The monoisotopic (exact) mass is 317 g/mol. The van der Waals surface area contributed by atoms with Gasteiger partial charge in [0.2, 0.25) is 5.91 Å². The second-order valence-corrected chi connectivity index (χ2v) is 5.16. The van der Waals surface area contributed by atoms with E-state index in [2.05, 4.69) is 37.2 Å². The highest BCUT2D eigenvalue weighted by Gasteiger charge is 2.29. The summed E-state index contributed by atoms with van der Waals surface area (Å²) < 4.78 is 1.88. The van der Waals surface area contributed by atoms with Gasteiger partial charge in [-0.1, -0.05) is 15.9 Å². The van der Waals surface area contributed by atoms with Crippen LogP contribution in [0, 0.1) is 5.92 Å². The van der Waals surface area contributed by atoms with Crippen molar-refractivity contribution >= 4 is 43.5 Å². The van der Waals surface area contributed by atoms with Gasteiger partial charge in [0, 0.05) is 14.9 Å². The van der Waals surface area contributed by atoms with E-state index in [9.17, 15) is 4.79 Å². The molecular formula is C10H9Br2NO. The summed E-state index contributed by atoms with van der Waals surface area (Å²) in [7, 11) is 0. The molecule has 0 radical (unpaired) electrons. The molecule has 2 rings (SSSR count). The zero-order valence-electron chi connectivity index (χ0n) is 7.39. The lowest BCUT2D eigenvalue weighted by Gasteiger charge is -2.06. The number of carbonyl (C=O) groups excluding carboxylic acids is 1. The standard InChI is InChI=1S/C10H9Br2NO/c11-7-3-4-8(12)9(5-7)13-10(14)6-1-2-6/h3-6H,1-2H2,(H,13,14). The highest BCUT2D eigenvalue weighted by Crippen LogP contribution is 2.32. The summed E-state index contributed by atoms with van der Waals surface area (Å²) >= 11 is 6.76. The molecule has 1 amide bonds. The van der Waals surface area contributed by atoms with Crippen LogP contribution in [0.4, 0.5) is 5.69 Å². The number of carbonyl (C=O) groups is 1. The van der Waals surface area contributed by atoms with E-state index in [1.54, 1.807) is 0 Å². The Kier molecular flexibility index (Phi) is 2.93. The van der Waals surface area contributed by atoms with Crippen LogP contribution in [-0.4, -0.2) is 5.91 Å². The van der Waals surface area contributed by atoms with E-state index in [4.69, 9.17) is 0 Å². The third-order valence-corrected chi connectivity index (χ3v) is 3.32. The first-order chi connectivity index (χ1) is 6.66. The Labute approximate surface area is 99.3 Å². The van der Waals surface area contributed by atoms with Crippen LogP contribution in [0.3, 0.4) is 0 Å². The van der Waals surface area contributed by atoms with Crippen LogP contribution < -0.4 is 5.32 Å². The quantitative estimate of drug-likeness (QED) is 0.887. The van der Waals surface area contributed by atoms with Crippen LogP contribution in [0.15, 0.2) is 27.1 Å². The van der Waals surface area contributed by atoms with Crippen molar-refractivity contribution in [2.24, 2.45) is 5.92 Å². The summed E-state index contributed by atoms with van der Waals surface area (Å²) in [6, 6.07) is 5.73. The summed E-state index contributed by atoms with van der Waals surface area (Å²) in [5.41, 5.74) is 0.830. The fourth-order valence-corrected chi connectivity index (χ4v) is 1.88. The molecule has 1 aromatic carbocycles. The van der Waals surface area contributed by atoms with Gasteiger partial charge in [0.05, 0.1) is 5.69 Å². The van der Waals surface area contributed by atoms with Crippen molar-refractivity contribution in [3.63, 3.8) is 0 Å². The molecular weight excluding hydrogens is 310 g/mol. The lowest BCUT2D eigenvalue weighted by Crippen LogP contribution is -2.13. The van der Waals surface area contributed by atoms with E-state index in [-0.39, 0.29) is 11.8 Å². The summed E-state index contributed by atoms with van der Waals surface area (Å²) in [6.07, 6.45) is 2.05. The van der Waals surface area contributed by atoms with Crippen molar-refractivity contribution in [1.82, 2.24) is 0 Å². The minimum atomic E-state index is 0.129. The van der Waals surface area contributed by atoms with Crippen LogP contribution in [-0.2, 0) is 4.79 Å². The molecule has 74 valence electrons. The second kappa shape index (κ2) is 4.03. The maximum Gasteiger partial charge on any atom is 0.227 e. The highest BCUT2D eigenvalue weighted by atomic mass is 79.9. The molecule has 0 heterocycles. The lowest BCUT2D eigenvalue weighted by atomic mass is 10.3. The Morgan fingerprint density at radius 3 is 2.71 bits per heavy atom. The third kappa shape index (κ3) is 2.36. The predicted octanol–water partition coefficient (Wildman–Crippen LogP) is 3.56. The van der Waals surface area contributed by atoms with Gasteiger partial charge in [-0.05, 0) is 47.0 Å². The van der Waals surface area contributed by atoms with Crippen molar-refractivity contribution < 1.29 is 4.79 Å². The van der Waals surface area contributed by atoms with E-state index >= 15 is 0 Å². The van der Waals surface area contributed by atoms with Crippen LogP contribution in [0.5, 0.6) is 0 Å². The average molecular weight is 319 g/mol. The van der Waals surface area contributed by atoms with Crippen molar-refractivity contribution in [2.75, 3.05) is 5.32 Å². The van der Waals surface area contributed by atoms with Crippen molar-refractivity contribution in [2.45, 2.75) is 12.8 Å². The van der Waals surface area contributed by atoms with E-state index in [1.165, 1.54) is 0 Å². The SMILES string of the molecule is O=C(Nc1cc(Br)ccc1Br)C1CC1. The van der Waals surface area contributed by atoms with Crippen LogP contribution in [0.1, 0.15) is 12.8 Å². The first kappa shape index (κ1) is 10.2. The third-order valence-electron chi connectivity index (χ3n) is 2.13. The molecule has 0 aromatic heterocycles. The molecule has 1 saturated carbocycles. The minimum absolute atomic E-state index is 0.129.